The topological polar surface area (TPSA) is 55.7 Å². The van der Waals surface area contributed by atoms with Crippen LogP contribution < -0.4 is 10.2 Å². The lowest BCUT2D eigenvalue weighted by Gasteiger charge is -2.22. The van der Waals surface area contributed by atoms with Gasteiger partial charge in [-0.3, -0.25) is 0 Å². The molecular weight excluding hydrogens is 320 g/mol. The van der Waals surface area contributed by atoms with Crippen LogP contribution >= 0.6 is 15.9 Å². The summed E-state index contributed by atoms with van der Waals surface area (Å²) < 4.78 is 0.993. The Bertz CT molecular complexity index is 463. The van der Waals surface area contributed by atoms with E-state index in [1.54, 1.807) is 0 Å². The van der Waals surface area contributed by atoms with E-state index in [0.29, 0.717) is 13.1 Å². The average Bonchev–Trinajstić information content (AvgIpc) is 2.66. The quantitative estimate of drug-likeness (QED) is 0.785. The summed E-state index contributed by atoms with van der Waals surface area (Å²) in [6.07, 6.45) is -1.33. The van der Waals surface area contributed by atoms with Crippen LogP contribution in [0.15, 0.2) is 22.7 Å². The van der Waals surface area contributed by atoms with Gasteiger partial charge in [0.2, 0.25) is 0 Å². The molecule has 0 spiro atoms. The van der Waals surface area contributed by atoms with Crippen LogP contribution in [0.1, 0.15) is 26.3 Å². The predicted octanol–water partition coefficient (Wildman–Crippen LogP) is 1.88. The van der Waals surface area contributed by atoms with Crippen molar-refractivity contribution in [3.63, 3.8) is 0 Å². The minimum Gasteiger partial charge on any atom is -0.389 e. The van der Waals surface area contributed by atoms with Crippen LogP contribution in [0.3, 0.4) is 0 Å². The fraction of sp³-hybridized carbons (Fsp3) is 0.600. The molecule has 0 saturated carbocycles. The van der Waals surface area contributed by atoms with E-state index in [1.807, 2.05) is 11.0 Å². The molecule has 1 aliphatic rings. The van der Waals surface area contributed by atoms with Crippen molar-refractivity contribution in [2.75, 3.05) is 18.0 Å². The number of rotatable bonds is 3. The number of hydrogen-bond acceptors (Lipinski definition) is 4. The first kappa shape index (κ1) is 15.8. The molecule has 112 valence electrons. The Labute approximate surface area is 128 Å². The minimum absolute atomic E-state index is 0.0916. The van der Waals surface area contributed by atoms with Crippen molar-refractivity contribution in [3.05, 3.63) is 28.2 Å². The number of benzene rings is 1. The summed E-state index contributed by atoms with van der Waals surface area (Å²) in [6, 6.07) is 6.20. The van der Waals surface area contributed by atoms with Gasteiger partial charge in [0.15, 0.2) is 0 Å². The fourth-order valence-corrected chi connectivity index (χ4v) is 2.93. The van der Waals surface area contributed by atoms with Gasteiger partial charge in [-0.25, -0.2) is 0 Å². The average molecular weight is 343 g/mol. The standard InChI is InChI=1S/C15H23BrN2O2/c1-15(2,3)17-7-10-4-5-12(11(16)6-10)18-8-13(19)14(20)9-18/h4-6,13-14,17,19-20H,7-9H2,1-3H3. The highest BCUT2D eigenvalue weighted by Gasteiger charge is 2.30. The lowest BCUT2D eigenvalue weighted by Crippen LogP contribution is -2.35. The van der Waals surface area contributed by atoms with E-state index in [4.69, 9.17) is 0 Å². The van der Waals surface area contributed by atoms with Crippen molar-refractivity contribution in [1.29, 1.82) is 0 Å². The Hall–Kier alpha value is -0.620. The summed E-state index contributed by atoms with van der Waals surface area (Å²) in [7, 11) is 0. The molecule has 0 radical (unpaired) electrons. The number of hydrogen-bond donors (Lipinski definition) is 3. The molecule has 3 N–H and O–H groups in total. The zero-order valence-electron chi connectivity index (χ0n) is 12.2. The highest BCUT2D eigenvalue weighted by atomic mass is 79.9. The second kappa shape index (κ2) is 6.02. The molecule has 0 aromatic heterocycles. The van der Waals surface area contributed by atoms with Crippen molar-refractivity contribution in [1.82, 2.24) is 5.32 Å². The first-order valence-electron chi connectivity index (χ1n) is 6.91. The molecule has 2 unspecified atom stereocenters. The molecule has 1 aliphatic heterocycles. The van der Waals surface area contributed by atoms with Gasteiger partial charge in [0, 0.05) is 29.6 Å². The fourth-order valence-electron chi connectivity index (χ4n) is 2.25. The Morgan fingerprint density at radius 3 is 2.35 bits per heavy atom. The van der Waals surface area contributed by atoms with Crippen LogP contribution in [-0.4, -0.2) is 41.0 Å². The summed E-state index contributed by atoms with van der Waals surface area (Å²) in [5.74, 6) is 0. The van der Waals surface area contributed by atoms with Crippen LogP contribution in [-0.2, 0) is 6.54 Å². The second-order valence-electron chi connectivity index (χ2n) is 6.43. The highest BCUT2D eigenvalue weighted by Crippen LogP contribution is 2.30. The summed E-state index contributed by atoms with van der Waals surface area (Å²) in [5.41, 5.74) is 2.31. The summed E-state index contributed by atoms with van der Waals surface area (Å²) >= 11 is 3.58. The van der Waals surface area contributed by atoms with Gasteiger partial charge in [0.25, 0.3) is 0 Å². The first-order chi connectivity index (χ1) is 9.26. The molecule has 4 nitrogen and oxygen atoms in total. The van der Waals surface area contributed by atoms with Crippen molar-refractivity contribution in [3.8, 4) is 0 Å². The third-order valence-electron chi connectivity index (χ3n) is 3.43. The van der Waals surface area contributed by atoms with Crippen LogP contribution in [0.4, 0.5) is 5.69 Å². The second-order valence-corrected chi connectivity index (χ2v) is 7.28. The van der Waals surface area contributed by atoms with Gasteiger partial charge in [-0.1, -0.05) is 6.07 Å². The van der Waals surface area contributed by atoms with Gasteiger partial charge in [-0.05, 0) is 54.4 Å². The summed E-state index contributed by atoms with van der Waals surface area (Å²) in [4.78, 5) is 2.00. The zero-order valence-corrected chi connectivity index (χ0v) is 13.8. The van der Waals surface area contributed by atoms with Gasteiger partial charge < -0.3 is 20.4 Å². The Morgan fingerprint density at radius 1 is 1.25 bits per heavy atom. The van der Waals surface area contributed by atoms with Crippen LogP contribution in [0.5, 0.6) is 0 Å². The molecule has 2 rings (SSSR count). The molecular formula is C15H23BrN2O2. The number of aliphatic hydroxyl groups excluding tert-OH is 2. The molecule has 1 heterocycles. The first-order valence-corrected chi connectivity index (χ1v) is 7.70. The monoisotopic (exact) mass is 342 g/mol. The van der Waals surface area contributed by atoms with Crippen molar-refractivity contribution in [2.24, 2.45) is 0 Å². The van der Waals surface area contributed by atoms with Gasteiger partial charge in [0.1, 0.15) is 0 Å². The predicted molar refractivity (Wildman–Crippen MR) is 85.0 cm³/mol. The molecule has 1 aromatic carbocycles. The van der Waals surface area contributed by atoms with Gasteiger partial charge in [-0.15, -0.1) is 0 Å². The third kappa shape index (κ3) is 3.95. The zero-order chi connectivity index (χ0) is 14.9. The van der Waals surface area contributed by atoms with Crippen molar-refractivity contribution < 1.29 is 10.2 Å². The van der Waals surface area contributed by atoms with E-state index in [1.165, 1.54) is 5.56 Å². The molecule has 0 bridgehead atoms. The van der Waals surface area contributed by atoms with E-state index in [-0.39, 0.29) is 5.54 Å². The van der Waals surface area contributed by atoms with Crippen LogP contribution in [0.25, 0.3) is 0 Å². The molecule has 0 amide bonds. The molecule has 1 aromatic rings. The maximum Gasteiger partial charge on any atom is 0.0990 e. The highest BCUT2D eigenvalue weighted by molar-refractivity contribution is 9.10. The van der Waals surface area contributed by atoms with Gasteiger partial charge in [-0.2, -0.15) is 0 Å². The van der Waals surface area contributed by atoms with Crippen LogP contribution in [0, 0.1) is 0 Å². The van der Waals surface area contributed by atoms with E-state index in [2.05, 4.69) is 54.2 Å². The number of halogens is 1. The largest absolute Gasteiger partial charge is 0.389 e. The van der Waals surface area contributed by atoms with E-state index < -0.39 is 12.2 Å². The summed E-state index contributed by atoms with van der Waals surface area (Å²) in [6.45, 7) is 8.18. The number of anilines is 1. The van der Waals surface area contributed by atoms with E-state index in [9.17, 15) is 10.2 Å². The lowest BCUT2D eigenvalue weighted by atomic mass is 10.1. The van der Waals surface area contributed by atoms with E-state index >= 15 is 0 Å². The SMILES string of the molecule is CC(C)(C)NCc1ccc(N2CC(O)C(O)C2)c(Br)c1. The molecule has 1 saturated heterocycles. The molecule has 20 heavy (non-hydrogen) atoms. The molecule has 2 atom stereocenters. The lowest BCUT2D eigenvalue weighted by molar-refractivity contribution is 0.0572. The Morgan fingerprint density at radius 2 is 1.85 bits per heavy atom. The number of β-amino-alcohol motifs (C(OH)–C–C–N with tert-alkyl or cyclic N) is 2. The Balaban J connectivity index is 2.07. The van der Waals surface area contributed by atoms with Gasteiger partial charge >= 0.3 is 0 Å². The normalized spacial score (nSPS) is 23.4. The summed E-state index contributed by atoms with van der Waals surface area (Å²) in [5, 5.41) is 22.7. The molecule has 1 fully saturated rings. The number of nitrogens with one attached hydrogen (secondary N) is 1. The maximum absolute atomic E-state index is 9.63. The third-order valence-corrected chi connectivity index (χ3v) is 4.07. The number of nitrogens with zero attached hydrogens (tertiary/aromatic N) is 1. The maximum atomic E-state index is 9.63. The minimum atomic E-state index is -0.663. The smallest absolute Gasteiger partial charge is 0.0990 e. The van der Waals surface area contributed by atoms with Crippen LogP contribution in [0.2, 0.25) is 0 Å². The van der Waals surface area contributed by atoms with Crippen molar-refractivity contribution >= 4 is 21.6 Å². The van der Waals surface area contributed by atoms with Crippen molar-refractivity contribution in [2.45, 2.75) is 45.1 Å². The molecule has 0 aliphatic carbocycles. The Kier molecular flexibility index (Phi) is 4.74. The molecule has 5 heteroatoms. The van der Waals surface area contributed by atoms with Gasteiger partial charge in [0.05, 0.1) is 17.9 Å². The van der Waals surface area contributed by atoms with E-state index in [0.717, 1.165) is 16.7 Å². The number of aliphatic hydroxyl groups is 2.